The van der Waals surface area contributed by atoms with Crippen LogP contribution in [-0.4, -0.2) is 36.2 Å². The number of benzene rings is 1. The van der Waals surface area contributed by atoms with Gasteiger partial charge in [0.05, 0.1) is 18.2 Å². The maximum absolute atomic E-state index is 12.0. The third-order valence-corrected chi connectivity index (χ3v) is 3.08. The minimum atomic E-state index is -1.32. The third-order valence-electron chi connectivity index (χ3n) is 3.08. The fraction of sp³-hybridized carbons (Fsp3) is 0.312. The predicted molar refractivity (Wildman–Crippen MR) is 78.3 cm³/mol. The third kappa shape index (κ3) is 4.18. The molecule has 22 heavy (non-hydrogen) atoms. The molecule has 0 aromatic heterocycles. The van der Waals surface area contributed by atoms with Gasteiger partial charge in [-0.15, -0.1) is 0 Å². The minimum absolute atomic E-state index is 0.0947. The van der Waals surface area contributed by atoms with Gasteiger partial charge in [0.2, 0.25) is 0 Å². The van der Waals surface area contributed by atoms with Gasteiger partial charge in [0, 0.05) is 5.57 Å². The highest BCUT2D eigenvalue weighted by atomic mass is 16.5. The molecule has 6 nitrogen and oxygen atoms in total. The van der Waals surface area contributed by atoms with Crippen LogP contribution in [0, 0.1) is 0 Å². The van der Waals surface area contributed by atoms with E-state index in [1.807, 2.05) is 0 Å². The first-order chi connectivity index (χ1) is 10.4. The molecule has 0 saturated heterocycles. The Bertz CT molecular complexity index is 588. The lowest BCUT2D eigenvalue weighted by Gasteiger charge is -2.18. The SMILES string of the molecule is CCC(OC(=O)c1ccccc1)C(C(=O)O)=C(C)C(=O)OC. The van der Waals surface area contributed by atoms with E-state index in [2.05, 4.69) is 4.74 Å². The van der Waals surface area contributed by atoms with E-state index in [9.17, 15) is 19.5 Å². The molecular weight excluding hydrogens is 288 g/mol. The van der Waals surface area contributed by atoms with E-state index in [-0.39, 0.29) is 17.6 Å². The number of esters is 2. The van der Waals surface area contributed by atoms with Gasteiger partial charge in [-0.05, 0) is 25.5 Å². The first-order valence-electron chi connectivity index (χ1n) is 6.70. The van der Waals surface area contributed by atoms with Gasteiger partial charge < -0.3 is 14.6 Å². The Morgan fingerprint density at radius 2 is 1.77 bits per heavy atom. The van der Waals surface area contributed by atoms with Crippen molar-refractivity contribution < 1.29 is 29.0 Å². The normalized spacial score (nSPS) is 12.9. The van der Waals surface area contributed by atoms with Crippen molar-refractivity contribution in [3.63, 3.8) is 0 Å². The second-order valence-electron chi connectivity index (χ2n) is 4.50. The number of carboxylic acid groups (broad SMARTS) is 1. The van der Waals surface area contributed by atoms with Crippen molar-refractivity contribution in [2.24, 2.45) is 0 Å². The quantitative estimate of drug-likeness (QED) is 0.640. The lowest BCUT2D eigenvalue weighted by atomic mass is 10.0. The maximum Gasteiger partial charge on any atom is 0.338 e. The predicted octanol–water partition coefficient (Wildman–Crippen LogP) is 2.20. The Kier molecular flexibility index (Phi) is 6.31. The van der Waals surface area contributed by atoms with E-state index < -0.39 is 24.0 Å². The van der Waals surface area contributed by atoms with Crippen LogP contribution >= 0.6 is 0 Å². The van der Waals surface area contributed by atoms with Crippen molar-refractivity contribution in [2.45, 2.75) is 26.4 Å². The zero-order valence-electron chi connectivity index (χ0n) is 12.7. The molecule has 0 bridgehead atoms. The van der Waals surface area contributed by atoms with E-state index >= 15 is 0 Å². The van der Waals surface area contributed by atoms with Gasteiger partial charge in [0.15, 0.2) is 0 Å². The van der Waals surface area contributed by atoms with Crippen LogP contribution in [0.5, 0.6) is 0 Å². The van der Waals surface area contributed by atoms with Gasteiger partial charge in [-0.3, -0.25) is 0 Å². The summed E-state index contributed by atoms with van der Waals surface area (Å²) in [5, 5.41) is 9.32. The molecule has 0 radical (unpaired) electrons. The van der Waals surface area contributed by atoms with Gasteiger partial charge >= 0.3 is 17.9 Å². The summed E-state index contributed by atoms with van der Waals surface area (Å²) in [4.78, 5) is 35.0. The lowest BCUT2D eigenvalue weighted by molar-refractivity contribution is -0.138. The van der Waals surface area contributed by atoms with Crippen LogP contribution in [0.15, 0.2) is 41.5 Å². The molecule has 0 heterocycles. The molecule has 0 amide bonds. The molecule has 1 unspecified atom stereocenters. The summed E-state index contributed by atoms with van der Waals surface area (Å²) in [5.41, 5.74) is -0.0669. The number of carbonyl (C=O) groups excluding carboxylic acids is 2. The lowest BCUT2D eigenvalue weighted by Crippen LogP contribution is -2.27. The monoisotopic (exact) mass is 306 g/mol. The first kappa shape index (κ1) is 17.4. The van der Waals surface area contributed by atoms with Crippen LogP contribution in [0.25, 0.3) is 0 Å². The largest absolute Gasteiger partial charge is 0.478 e. The fourth-order valence-electron chi connectivity index (χ4n) is 1.92. The fourth-order valence-corrected chi connectivity index (χ4v) is 1.92. The first-order valence-corrected chi connectivity index (χ1v) is 6.70. The maximum atomic E-state index is 12.0. The van der Waals surface area contributed by atoms with Crippen molar-refractivity contribution >= 4 is 17.9 Å². The van der Waals surface area contributed by atoms with Crippen molar-refractivity contribution in [1.29, 1.82) is 0 Å². The zero-order valence-corrected chi connectivity index (χ0v) is 12.7. The van der Waals surface area contributed by atoms with Crippen LogP contribution in [0.3, 0.4) is 0 Å². The van der Waals surface area contributed by atoms with Crippen molar-refractivity contribution in [3.05, 3.63) is 47.0 Å². The molecule has 0 aliphatic heterocycles. The van der Waals surface area contributed by atoms with Crippen LogP contribution in [0.1, 0.15) is 30.6 Å². The molecule has 0 aliphatic rings. The number of hydrogen-bond acceptors (Lipinski definition) is 5. The second kappa shape index (κ2) is 7.97. The average molecular weight is 306 g/mol. The van der Waals surface area contributed by atoms with E-state index in [0.717, 1.165) is 7.11 Å². The van der Waals surface area contributed by atoms with E-state index in [1.54, 1.807) is 37.3 Å². The highest BCUT2D eigenvalue weighted by Crippen LogP contribution is 2.19. The summed E-state index contributed by atoms with van der Waals surface area (Å²) in [5.74, 6) is -2.74. The molecule has 1 rings (SSSR count). The highest BCUT2D eigenvalue weighted by Gasteiger charge is 2.28. The number of carbonyl (C=O) groups is 3. The number of carboxylic acids is 1. The molecule has 1 aromatic carbocycles. The van der Waals surface area contributed by atoms with Crippen LogP contribution < -0.4 is 0 Å². The molecule has 0 saturated carbocycles. The molecule has 1 atom stereocenters. The summed E-state index contributed by atoms with van der Waals surface area (Å²) in [6, 6.07) is 8.22. The van der Waals surface area contributed by atoms with E-state index in [0.29, 0.717) is 5.56 Å². The summed E-state index contributed by atoms with van der Waals surface area (Å²) in [6.07, 6.45) is -0.821. The Labute approximate surface area is 128 Å². The molecule has 1 N–H and O–H groups in total. The van der Waals surface area contributed by atoms with Gasteiger partial charge in [0.25, 0.3) is 0 Å². The van der Waals surface area contributed by atoms with Crippen LogP contribution in [0.4, 0.5) is 0 Å². The summed E-state index contributed by atoms with van der Waals surface area (Å²) < 4.78 is 9.77. The van der Waals surface area contributed by atoms with E-state index in [1.165, 1.54) is 6.92 Å². The Hall–Kier alpha value is -2.63. The molecule has 0 spiro atoms. The van der Waals surface area contributed by atoms with Crippen molar-refractivity contribution in [3.8, 4) is 0 Å². The topological polar surface area (TPSA) is 89.9 Å². The number of hydrogen-bond donors (Lipinski definition) is 1. The second-order valence-corrected chi connectivity index (χ2v) is 4.50. The molecule has 1 aromatic rings. The minimum Gasteiger partial charge on any atom is -0.478 e. The standard InChI is InChI=1S/C16H18O6/c1-4-12(13(14(17)18)10(2)15(19)21-3)22-16(20)11-8-6-5-7-9-11/h5-9,12H,4H2,1-3H3,(H,17,18). The summed E-state index contributed by atoms with van der Waals surface area (Å²) in [6.45, 7) is 2.99. The molecule has 0 aliphatic carbocycles. The van der Waals surface area contributed by atoms with Crippen molar-refractivity contribution in [1.82, 2.24) is 0 Å². The zero-order chi connectivity index (χ0) is 16.7. The van der Waals surface area contributed by atoms with E-state index in [4.69, 9.17) is 4.74 Å². The van der Waals surface area contributed by atoms with Gasteiger partial charge in [0.1, 0.15) is 6.10 Å². The summed E-state index contributed by atoms with van der Waals surface area (Å²) >= 11 is 0. The number of rotatable bonds is 6. The van der Waals surface area contributed by atoms with Gasteiger partial charge in [-0.1, -0.05) is 25.1 Å². The van der Waals surface area contributed by atoms with Crippen LogP contribution in [0.2, 0.25) is 0 Å². The molecular formula is C16H18O6. The Morgan fingerprint density at radius 1 is 1.18 bits per heavy atom. The average Bonchev–Trinajstić information content (AvgIpc) is 2.53. The Morgan fingerprint density at radius 3 is 2.23 bits per heavy atom. The van der Waals surface area contributed by atoms with Crippen molar-refractivity contribution in [2.75, 3.05) is 7.11 Å². The molecule has 118 valence electrons. The molecule has 0 fully saturated rings. The van der Waals surface area contributed by atoms with Crippen LogP contribution in [-0.2, 0) is 19.1 Å². The number of aliphatic carboxylic acids is 1. The number of methoxy groups -OCH3 is 1. The number of ether oxygens (including phenoxy) is 2. The summed E-state index contributed by atoms with van der Waals surface area (Å²) in [7, 11) is 1.15. The van der Waals surface area contributed by atoms with Gasteiger partial charge in [-0.25, -0.2) is 14.4 Å². The Balaban J connectivity index is 3.09. The van der Waals surface area contributed by atoms with Gasteiger partial charge in [-0.2, -0.15) is 0 Å². The smallest absolute Gasteiger partial charge is 0.338 e. The molecule has 6 heteroatoms. The highest BCUT2D eigenvalue weighted by molar-refractivity contribution is 6.00.